The molecule has 0 saturated heterocycles. The minimum atomic E-state index is -0.0606. The maximum Gasteiger partial charge on any atom is 0.195 e. The number of nitrogens with zero attached hydrogens (tertiary/aromatic N) is 2. The summed E-state index contributed by atoms with van der Waals surface area (Å²) >= 11 is 5.15. The maximum atomic E-state index is 8.75. The molecule has 0 aliphatic carbocycles. The summed E-state index contributed by atoms with van der Waals surface area (Å²) in [5.41, 5.74) is -0.0606. The van der Waals surface area contributed by atoms with E-state index < -0.39 is 0 Å². The Hall–Kier alpha value is -0.680. The molecule has 0 spiro atoms. The Morgan fingerprint density at radius 3 is 2.64 bits per heavy atom. The second-order valence-corrected chi connectivity index (χ2v) is 4.67. The molecule has 1 aromatic heterocycles. The summed E-state index contributed by atoms with van der Waals surface area (Å²) in [6, 6.07) is 0. The van der Waals surface area contributed by atoms with Crippen LogP contribution in [0.1, 0.15) is 33.0 Å². The number of H-pyrrole nitrogens is 1. The summed E-state index contributed by atoms with van der Waals surface area (Å²) in [7, 11) is 0. The standard InChI is InChI=1S/C9H17N3OS/c1-9(2,3)12-7(5-4-6-13)10-11-8(12)14/h13H,4-6H2,1-3H3,(H,11,14). The Bertz CT molecular complexity index is 348. The van der Waals surface area contributed by atoms with Crippen LogP contribution >= 0.6 is 12.2 Å². The van der Waals surface area contributed by atoms with Gasteiger partial charge in [-0.1, -0.05) is 0 Å². The Labute approximate surface area is 89.0 Å². The Balaban J connectivity index is 3.01. The molecule has 0 fully saturated rings. The molecule has 14 heavy (non-hydrogen) atoms. The van der Waals surface area contributed by atoms with Crippen molar-refractivity contribution in [2.24, 2.45) is 0 Å². The molecule has 80 valence electrons. The quantitative estimate of drug-likeness (QED) is 0.753. The average Bonchev–Trinajstić information content (AvgIpc) is 2.42. The SMILES string of the molecule is CC(C)(C)n1c(CCCO)n[nH]c1=S. The molecule has 0 amide bonds. The predicted molar refractivity (Wildman–Crippen MR) is 57.8 cm³/mol. The van der Waals surface area contributed by atoms with Crippen LogP contribution in [0.15, 0.2) is 0 Å². The molecule has 0 aromatic carbocycles. The van der Waals surface area contributed by atoms with Crippen LogP contribution in [0.5, 0.6) is 0 Å². The second-order valence-electron chi connectivity index (χ2n) is 4.28. The van der Waals surface area contributed by atoms with Crippen molar-refractivity contribution in [1.82, 2.24) is 14.8 Å². The van der Waals surface area contributed by atoms with Gasteiger partial charge in [0.25, 0.3) is 0 Å². The van der Waals surface area contributed by atoms with Gasteiger partial charge in [0.2, 0.25) is 0 Å². The highest BCUT2D eigenvalue weighted by Gasteiger charge is 2.18. The zero-order valence-corrected chi connectivity index (χ0v) is 9.69. The van der Waals surface area contributed by atoms with Gasteiger partial charge in [0, 0.05) is 18.6 Å². The number of hydrogen-bond donors (Lipinski definition) is 2. The van der Waals surface area contributed by atoms with Crippen molar-refractivity contribution in [3.8, 4) is 0 Å². The largest absolute Gasteiger partial charge is 0.396 e. The van der Waals surface area contributed by atoms with Crippen LogP contribution in [0, 0.1) is 4.77 Å². The van der Waals surface area contributed by atoms with E-state index in [0.29, 0.717) is 4.77 Å². The van der Waals surface area contributed by atoms with Crippen LogP contribution in [0.4, 0.5) is 0 Å². The summed E-state index contributed by atoms with van der Waals surface area (Å²) in [6.45, 7) is 6.44. The Kier molecular flexibility index (Phi) is 3.44. The molecule has 0 saturated carbocycles. The highest BCUT2D eigenvalue weighted by atomic mass is 32.1. The van der Waals surface area contributed by atoms with Crippen molar-refractivity contribution in [3.63, 3.8) is 0 Å². The topological polar surface area (TPSA) is 53.8 Å². The Morgan fingerprint density at radius 1 is 1.50 bits per heavy atom. The smallest absolute Gasteiger partial charge is 0.195 e. The zero-order chi connectivity index (χ0) is 10.8. The summed E-state index contributed by atoms with van der Waals surface area (Å²) in [6.07, 6.45) is 1.47. The van der Waals surface area contributed by atoms with Gasteiger partial charge >= 0.3 is 0 Å². The van der Waals surface area contributed by atoms with E-state index in [0.717, 1.165) is 18.7 Å². The number of aromatic amines is 1. The molecular weight excluding hydrogens is 198 g/mol. The summed E-state index contributed by atoms with van der Waals surface area (Å²) in [4.78, 5) is 0. The van der Waals surface area contributed by atoms with E-state index in [2.05, 4.69) is 31.0 Å². The van der Waals surface area contributed by atoms with Gasteiger partial charge in [0.15, 0.2) is 4.77 Å². The third-order valence-electron chi connectivity index (χ3n) is 1.97. The fourth-order valence-corrected chi connectivity index (χ4v) is 1.85. The van der Waals surface area contributed by atoms with Crippen molar-refractivity contribution >= 4 is 12.2 Å². The minimum Gasteiger partial charge on any atom is -0.396 e. The number of aliphatic hydroxyl groups is 1. The van der Waals surface area contributed by atoms with Crippen molar-refractivity contribution < 1.29 is 5.11 Å². The molecule has 0 radical (unpaired) electrons. The van der Waals surface area contributed by atoms with Crippen molar-refractivity contribution in [2.45, 2.75) is 39.2 Å². The molecule has 2 N–H and O–H groups in total. The average molecular weight is 215 g/mol. The van der Waals surface area contributed by atoms with Gasteiger partial charge in [0.05, 0.1) is 0 Å². The van der Waals surface area contributed by atoms with Crippen molar-refractivity contribution in [2.75, 3.05) is 6.61 Å². The Morgan fingerprint density at radius 2 is 2.14 bits per heavy atom. The van der Waals surface area contributed by atoms with Crippen molar-refractivity contribution in [3.05, 3.63) is 10.6 Å². The molecular formula is C9H17N3OS. The van der Waals surface area contributed by atoms with Gasteiger partial charge in [-0.15, -0.1) is 0 Å². The fraction of sp³-hybridized carbons (Fsp3) is 0.778. The predicted octanol–water partition coefficient (Wildman–Crippen LogP) is 1.62. The molecule has 1 rings (SSSR count). The number of aliphatic hydroxyl groups excluding tert-OH is 1. The maximum absolute atomic E-state index is 8.75. The highest BCUT2D eigenvalue weighted by Crippen LogP contribution is 2.17. The number of hydrogen-bond acceptors (Lipinski definition) is 3. The van der Waals surface area contributed by atoms with Crippen molar-refractivity contribution in [1.29, 1.82) is 0 Å². The molecule has 0 unspecified atom stereocenters. The summed E-state index contributed by atoms with van der Waals surface area (Å²) in [5.74, 6) is 0.913. The van der Waals surface area contributed by atoms with E-state index in [1.165, 1.54) is 0 Å². The molecule has 0 atom stereocenters. The highest BCUT2D eigenvalue weighted by molar-refractivity contribution is 7.71. The fourth-order valence-electron chi connectivity index (χ4n) is 1.43. The van der Waals surface area contributed by atoms with Gasteiger partial charge in [-0.05, 0) is 39.4 Å². The monoisotopic (exact) mass is 215 g/mol. The molecule has 0 aliphatic rings. The molecule has 4 nitrogen and oxygen atoms in total. The molecule has 0 aliphatic heterocycles. The van der Waals surface area contributed by atoms with E-state index in [1.807, 2.05) is 4.57 Å². The summed E-state index contributed by atoms with van der Waals surface area (Å²) < 4.78 is 2.64. The number of aromatic nitrogens is 3. The third kappa shape index (κ3) is 2.42. The third-order valence-corrected chi connectivity index (χ3v) is 2.24. The van der Waals surface area contributed by atoms with E-state index in [-0.39, 0.29) is 12.1 Å². The lowest BCUT2D eigenvalue weighted by atomic mass is 10.1. The lowest BCUT2D eigenvalue weighted by Crippen LogP contribution is -2.24. The zero-order valence-electron chi connectivity index (χ0n) is 8.87. The van der Waals surface area contributed by atoms with Crippen LogP contribution in [0.2, 0.25) is 0 Å². The first-order valence-corrected chi connectivity index (χ1v) is 5.15. The minimum absolute atomic E-state index is 0.0606. The first kappa shape index (κ1) is 11.4. The van der Waals surface area contributed by atoms with Crippen LogP contribution in [-0.4, -0.2) is 26.5 Å². The van der Waals surface area contributed by atoms with Crippen LogP contribution < -0.4 is 0 Å². The van der Waals surface area contributed by atoms with Gasteiger partial charge in [-0.3, -0.25) is 9.67 Å². The van der Waals surface area contributed by atoms with E-state index in [4.69, 9.17) is 17.3 Å². The van der Waals surface area contributed by atoms with E-state index in [9.17, 15) is 0 Å². The molecule has 1 heterocycles. The normalized spacial score (nSPS) is 12.0. The van der Waals surface area contributed by atoms with E-state index >= 15 is 0 Å². The van der Waals surface area contributed by atoms with Gasteiger partial charge in [-0.25, -0.2) is 0 Å². The lowest BCUT2D eigenvalue weighted by Gasteiger charge is -2.22. The van der Waals surface area contributed by atoms with Gasteiger partial charge in [0.1, 0.15) is 5.82 Å². The molecule has 1 aromatic rings. The van der Waals surface area contributed by atoms with E-state index in [1.54, 1.807) is 0 Å². The first-order chi connectivity index (χ1) is 6.46. The van der Waals surface area contributed by atoms with Gasteiger partial charge in [-0.2, -0.15) is 5.10 Å². The lowest BCUT2D eigenvalue weighted by molar-refractivity contribution is 0.284. The first-order valence-electron chi connectivity index (χ1n) is 4.74. The number of rotatable bonds is 3. The number of nitrogens with one attached hydrogen (secondary N) is 1. The van der Waals surface area contributed by atoms with Gasteiger partial charge < -0.3 is 5.11 Å². The van der Waals surface area contributed by atoms with Crippen LogP contribution in [-0.2, 0) is 12.0 Å². The summed E-state index contributed by atoms with van der Waals surface area (Å²) in [5, 5.41) is 15.7. The van der Waals surface area contributed by atoms with Crippen LogP contribution in [0.3, 0.4) is 0 Å². The second kappa shape index (κ2) is 4.23. The number of aryl methyl sites for hydroxylation is 1. The molecule has 5 heteroatoms. The molecule has 0 bridgehead atoms. The van der Waals surface area contributed by atoms with Crippen LogP contribution in [0.25, 0.3) is 0 Å².